The van der Waals surface area contributed by atoms with Crippen molar-refractivity contribution < 1.29 is 14.3 Å². The molecule has 1 aliphatic rings. The molecular formula is C20H13ClN2O3. The van der Waals surface area contributed by atoms with Crippen molar-refractivity contribution in [2.24, 2.45) is 5.10 Å². The summed E-state index contributed by atoms with van der Waals surface area (Å²) in [4.78, 5) is 24.6. The number of benzene rings is 3. The first kappa shape index (κ1) is 16.3. The highest BCUT2D eigenvalue weighted by atomic mass is 35.5. The van der Waals surface area contributed by atoms with Crippen LogP contribution in [0.1, 0.15) is 15.9 Å². The van der Waals surface area contributed by atoms with Crippen LogP contribution in [0.25, 0.3) is 10.8 Å². The molecule has 0 spiro atoms. The molecule has 0 atom stereocenters. The Morgan fingerprint density at radius 2 is 1.69 bits per heavy atom. The predicted octanol–water partition coefficient (Wildman–Crippen LogP) is 3.59. The maximum absolute atomic E-state index is 12.6. The van der Waals surface area contributed by atoms with Crippen molar-refractivity contribution in [3.63, 3.8) is 0 Å². The zero-order valence-electron chi connectivity index (χ0n) is 13.5. The topological polar surface area (TPSA) is 67.8 Å². The van der Waals surface area contributed by atoms with Crippen LogP contribution in [-0.2, 0) is 4.79 Å². The molecule has 128 valence electrons. The van der Waals surface area contributed by atoms with Crippen LogP contribution in [0.4, 0.5) is 0 Å². The van der Waals surface area contributed by atoms with Crippen LogP contribution < -0.4 is 10.2 Å². The Labute approximate surface area is 154 Å². The molecule has 4 rings (SSSR count). The fourth-order valence-electron chi connectivity index (χ4n) is 2.92. The van der Waals surface area contributed by atoms with Gasteiger partial charge in [-0.25, -0.2) is 5.43 Å². The summed E-state index contributed by atoms with van der Waals surface area (Å²) >= 11 is 5.80. The largest absolute Gasteiger partial charge is 0.484 e. The zero-order valence-corrected chi connectivity index (χ0v) is 14.3. The fraction of sp³-hybridized carbons (Fsp3) is 0.0500. The van der Waals surface area contributed by atoms with Gasteiger partial charge in [0, 0.05) is 21.5 Å². The minimum absolute atomic E-state index is 0.198. The maximum Gasteiger partial charge on any atom is 0.277 e. The van der Waals surface area contributed by atoms with Gasteiger partial charge < -0.3 is 4.74 Å². The summed E-state index contributed by atoms with van der Waals surface area (Å²) < 4.78 is 5.36. The Balaban J connectivity index is 1.49. The van der Waals surface area contributed by atoms with E-state index in [9.17, 15) is 9.59 Å². The first-order valence-corrected chi connectivity index (χ1v) is 8.33. The first-order valence-electron chi connectivity index (χ1n) is 7.95. The van der Waals surface area contributed by atoms with Crippen LogP contribution >= 0.6 is 11.6 Å². The van der Waals surface area contributed by atoms with Crippen molar-refractivity contribution in [1.82, 2.24) is 5.43 Å². The number of carbonyl (C=O) groups excluding carboxylic acids is 2. The molecule has 3 aromatic rings. The normalized spacial score (nSPS) is 14.0. The van der Waals surface area contributed by atoms with Gasteiger partial charge >= 0.3 is 0 Å². The molecule has 0 aliphatic heterocycles. The average Bonchev–Trinajstić information content (AvgIpc) is 2.93. The van der Waals surface area contributed by atoms with Crippen molar-refractivity contribution in [1.29, 1.82) is 0 Å². The number of amides is 1. The Hall–Kier alpha value is -3.18. The molecule has 5 nitrogen and oxygen atoms in total. The molecule has 0 fully saturated rings. The molecule has 3 aromatic carbocycles. The van der Waals surface area contributed by atoms with E-state index in [1.54, 1.807) is 30.3 Å². The Morgan fingerprint density at radius 1 is 1.00 bits per heavy atom. The van der Waals surface area contributed by atoms with Crippen LogP contribution in [0.3, 0.4) is 0 Å². The van der Waals surface area contributed by atoms with E-state index < -0.39 is 5.91 Å². The third-order valence-electron chi connectivity index (χ3n) is 4.10. The van der Waals surface area contributed by atoms with E-state index in [1.807, 2.05) is 30.3 Å². The summed E-state index contributed by atoms with van der Waals surface area (Å²) in [5, 5.41) is 6.46. The first-order chi connectivity index (χ1) is 12.6. The number of carbonyl (C=O) groups is 2. The molecule has 0 saturated carbocycles. The molecule has 1 N–H and O–H groups in total. The number of hydrazone groups is 1. The molecule has 0 unspecified atom stereocenters. The maximum atomic E-state index is 12.6. The number of ketones is 1. The van der Waals surface area contributed by atoms with E-state index in [0.717, 1.165) is 16.3 Å². The second-order valence-corrected chi connectivity index (χ2v) is 6.21. The van der Waals surface area contributed by atoms with Gasteiger partial charge in [-0.1, -0.05) is 48.0 Å². The second-order valence-electron chi connectivity index (χ2n) is 5.78. The zero-order chi connectivity index (χ0) is 18.1. The highest BCUT2D eigenvalue weighted by molar-refractivity contribution is 6.59. The summed E-state index contributed by atoms with van der Waals surface area (Å²) in [6.07, 6.45) is 0. The summed E-state index contributed by atoms with van der Waals surface area (Å²) in [7, 11) is 0. The van der Waals surface area contributed by atoms with Crippen LogP contribution in [0.5, 0.6) is 5.75 Å². The Morgan fingerprint density at radius 3 is 2.42 bits per heavy atom. The van der Waals surface area contributed by atoms with E-state index in [2.05, 4.69) is 10.5 Å². The molecule has 0 radical (unpaired) electrons. The van der Waals surface area contributed by atoms with Gasteiger partial charge in [0.05, 0.1) is 0 Å². The van der Waals surface area contributed by atoms with E-state index >= 15 is 0 Å². The van der Waals surface area contributed by atoms with Crippen LogP contribution in [-0.4, -0.2) is 24.0 Å². The van der Waals surface area contributed by atoms with Gasteiger partial charge in [0.2, 0.25) is 5.78 Å². The smallest absolute Gasteiger partial charge is 0.277 e. The minimum atomic E-state index is -0.455. The van der Waals surface area contributed by atoms with Gasteiger partial charge in [-0.05, 0) is 29.7 Å². The standard InChI is InChI=1S/C20H13ClN2O3/c21-13-7-9-14(10-8-13)26-11-17(24)22-23-19-15-5-1-3-12-4-2-6-16(18(12)15)20(19)25/h1-10H,11H2,(H,22,24)/b23-19-. The van der Waals surface area contributed by atoms with E-state index in [1.165, 1.54) is 0 Å². The number of nitrogens with one attached hydrogen (secondary N) is 1. The number of hydrogen-bond acceptors (Lipinski definition) is 4. The Kier molecular flexibility index (Phi) is 4.14. The summed E-state index contributed by atoms with van der Waals surface area (Å²) in [5.41, 5.74) is 3.95. The summed E-state index contributed by atoms with van der Waals surface area (Å²) in [6.45, 7) is -0.219. The highest BCUT2D eigenvalue weighted by Crippen LogP contribution is 2.30. The average molecular weight is 365 g/mol. The molecule has 0 aromatic heterocycles. The lowest BCUT2D eigenvalue weighted by molar-refractivity contribution is -0.123. The van der Waals surface area contributed by atoms with Gasteiger partial charge in [0.1, 0.15) is 11.5 Å². The number of halogens is 1. The van der Waals surface area contributed by atoms with Gasteiger partial charge in [-0.2, -0.15) is 5.10 Å². The highest BCUT2D eigenvalue weighted by Gasteiger charge is 2.28. The third-order valence-corrected chi connectivity index (χ3v) is 4.35. The second kappa shape index (κ2) is 6.61. The van der Waals surface area contributed by atoms with Crippen molar-refractivity contribution in [2.45, 2.75) is 0 Å². The molecule has 0 saturated heterocycles. The minimum Gasteiger partial charge on any atom is -0.484 e. The molecule has 26 heavy (non-hydrogen) atoms. The van der Waals surface area contributed by atoms with E-state index in [-0.39, 0.29) is 18.1 Å². The van der Waals surface area contributed by atoms with Crippen molar-refractivity contribution in [3.05, 3.63) is 76.8 Å². The van der Waals surface area contributed by atoms with Crippen LogP contribution in [0.15, 0.2) is 65.8 Å². The monoisotopic (exact) mass is 364 g/mol. The van der Waals surface area contributed by atoms with Crippen LogP contribution in [0, 0.1) is 0 Å². The molecule has 6 heteroatoms. The lowest BCUT2D eigenvalue weighted by atomic mass is 10.1. The van der Waals surface area contributed by atoms with Crippen molar-refractivity contribution in [2.75, 3.05) is 6.61 Å². The molecule has 1 aliphatic carbocycles. The number of Topliss-reactive ketones (excluding diaryl/α,β-unsaturated/α-hetero) is 1. The lowest BCUT2D eigenvalue weighted by Crippen LogP contribution is -2.27. The number of ether oxygens (including phenoxy) is 1. The fourth-order valence-corrected chi connectivity index (χ4v) is 3.04. The van der Waals surface area contributed by atoms with Gasteiger partial charge in [0.15, 0.2) is 6.61 Å². The molecule has 0 heterocycles. The SMILES string of the molecule is O=C(COc1ccc(Cl)cc1)N/N=C1\C(=O)c2cccc3cccc1c23. The van der Waals surface area contributed by atoms with Gasteiger partial charge in [-0.3, -0.25) is 9.59 Å². The molecular weight excluding hydrogens is 352 g/mol. The summed E-state index contributed by atoms with van der Waals surface area (Å²) in [5.74, 6) is -0.134. The predicted molar refractivity (Wildman–Crippen MR) is 99.9 cm³/mol. The van der Waals surface area contributed by atoms with E-state index in [4.69, 9.17) is 16.3 Å². The van der Waals surface area contributed by atoms with E-state index in [0.29, 0.717) is 16.3 Å². The summed E-state index contributed by atoms with van der Waals surface area (Å²) in [6, 6.07) is 17.8. The Bertz CT molecular complexity index is 1050. The third kappa shape index (κ3) is 2.93. The number of rotatable bonds is 4. The quantitative estimate of drug-likeness (QED) is 0.719. The number of nitrogens with zero attached hydrogens (tertiary/aromatic N) is 1. The van der Waals surface area contributed by atoms with Crippen molar-refractivity contribution in [3.8, 4) is 5.75 Å². The van der Waals surface area contributed by atoms with Gasteiger partial charge in [-0.15, -0.1) is 0 Å². The molecule has 1 amide bonds. The molecule has 0 bridgehead atoms. The van der Waals surface area contributed by atoms with Gasteiger partial charge in [0.25, 0.3) is 5.91 Å². The lowest BCUT2D eigenvalue weighted by Gasteiger charge is -2.05. The number of hydrogen-bond donors (Lipinski definition) is 1. The van der Waals surface area contributed by atoms with Crippen LogP contribution in [0.2, 0.25) is 5.02 Å². The van der Waals surface area contributed by atoms with Crippen molar-refractivity contribution >= 4 is 39.8 Å².